The number of aliphatic imine (C=N–C) groups is 1. The Bertz CT molecular complexity index is 289. The van der Waals surface area contributed by atoms with Gasteiger partial charge in [0.15, 0.2) is 5.17 Å². The quantitative estimate of drug-likeness (QED) is 0.834. The van der Waals surface area contributed by atoms with E-state index in [2.05, 4.69) is 25.4 Å². The van der Waals surface area contributed by atoms with Crippen LogP contribution in [0, 0.1) is 5.41 Å². The molecular weight excluding hydrogens is 248 g/mol. The molecule has 0 aromatic rings. The minimum Gasteiger partial charge on any atom is -0.361 e. The Morgan fingerprint density at radius 3 is 2.76 bits per heavy atom. The first-order valence-corrected chi connectivity index (χ1v) is 8.85. The molecule has 98 valence electrons. The maximum absolute atomic E-state index is 4.70. The summed E-state index contributed by atoms with van der Waals surface area (Å²) in [6, 6.07) is 0.645. The Morgan fingerprint density at radius 2 is 2.12 bits per heavy atom. The van der Waals surface area contributed by atoms with Gasteiger partial charge in [0.25, 0.3) is 0 Å². The third kappa shape index (κ3) is 3.82. The van der Waals surface area contributed by atoms with E-state index in [0.29, 0.717) is 11.5 Å². The average molecular weight is 272 g/mol. The Labute approximate surface area is 114 Å². The third-order valence-corrected chi connectivity index (χ3v) is 6.18. The van der Waals surface area contributed by atoms with Crippen molar-refractivity contribution in [3.63, 3.8) is 0 Å². The Kier molecular flexibility index (Phi) is 4.70. The van der Waals surface area contributed by atoms with E-state index in [4.69, 9.17) is 4.99 Å². The lowest BCUT2D eigenvalue weighted by atomic mass is 9.95. The smallest absolute Gasteiger partial charge is 0.156 e. The van der Waals surface area contributed by atoms with Crippen LogP contribution in [0.3, 0.4) is 0 Å². The number of amidine groups is 1. The van der Waals surface area contributed by atoms with Crippen molar-refractivity contribution in [2.45, 2.75) is 50.8 Å². The van der Waals surface area contributed by atoms with Gasteiger partial charge in [-0.15, -0.1) is 0 Å². The zero-order valence-corrected chi connectivity index (χ0v) is 12.8. The highest BCUT2D eigenvalue weighted by Gasteiger charge is 2.28. The van der Waals surface area contributed by atoms with Gasteiger partial charge in [0.1, 0.15) is 0 Å². The number of rotatable bonds is 2. The van der Waals surface area contributed by atoms with Crippen LogP contribution in [-0.2, 0) is 0 Å². The third-order valence-electron chi connectivity index (χ3n) is 3.56. The molecule has 17 heavy (non-hydrogen) atoms. The largest absolute Gasteiger partial charge is 0.361 e. The highest BCUT2D eigenvalue weighted by Crippen LogP contribution is 2.30. The van der Waals surface area contributed by atoms with Gasteiger partial charge in [0.05, 0.1) is 0 Å². The molecule has 1 N–H and O–H groups in total. The van der Waals surface area contributed by atoms with E-state index < -0.39 is 0 Å². The number of thioether (sulfide) groups is 2. The lowest BCUT2D eigenvalue weighted by Gasteiger charge is -2.34. The monoisotopic (exact) mass is 272 g/mol. The highest BCUT2D eigenvalue weighted by atomic mass is 32.2. The second-order valence-electron chi connectivity index (χ2n) is 5.88. The van der Waals surface area contributed by atoms with Crippen LogP contribution in [0.15, 0.2) is 4.99 Å². The fourth-order valence-corrected chi connectivity index (χ4v) is 4.38. The maximum atomic E-state index is 4.70. The number of hydrogen-bond donors (Lipinski definition) is 1. The normalized spacial score (nSPS) is 33.0. The molecule has 0 aromatic carbocycles. The summed E-state index contributed by atoms with van der Waals surface area (Å²) in [7, 11) is 0. The van der Waals surface area contributed by atoms with E-state index in [9.17, 15) is 0 Å². The standard InChI is InChI=1S/C13H24N2S2/c1-13(2)8-14-12(17-9-13)15-10-6-4-5-7-11(10)16-3/h10-11H,4-9H2,1-3H3,(H,14,15). The first kappa shape index (κ1) is 13.6. The predicted molar refractivity (Wildman–Crippen MR) is 81.2 cm³/mol. The Morgan fingerprint density at radius 1 is 1.35 bits per heavy atom. The van der Waals surface area contributed by atoms with Crippen LogP contribution in [0.2, 0.25) is 0 Å². The van der Waals surface area contributed by atoms with Crippen molar-refractivity contribution in [1.82, 2.24) is 5.32 Å². The van der Waals surface area contributed by atoms with E-state index in [-0.39, 0.29) is 0 Å². The van der Waals surface area contributed by atoms with Gasteiger partial charge in [-0.1, -0.05) is 38.5 Å². The lowest BCUT2D eigenvalue weighted by Crippen LogP contribution is -2.44. The van der Waals surface area contributed by atoms with Crippen molar-refractivity contribution < 1.29 is 0 Å². The molecule has 2 unspecified atom stereocenters. The molecule has 1 fully saturated rings. The topological polar surface area (TPSA) is 24.4 Å². The van der Waals surface area contributed by atoms with Crippen molar-refractivity contribution in [2.75, 3.05) is 18.6 Å². The molecule has 2 rings (SSSR count). The van der Waals surface area contributed by atoms with Gasteiger partial charge in [0, 0.05) is 23.6 Å². The van der Waals surface area contributed by atoms with Gasteiger partial charge in [0.2, 0.25) is 0 Å². The van der Waals surface area contributed by atoms with Crippen molar-refractivity contribution in [1.29, 1.82) is 0 Å². The second kappa shape index (κ2) is 5.87. The first-order valence-electron chi connectivity index (χ1n) is 6.57. The van der Waals surface area contributed by atoms with E-state index in [1.165, 1.54) is 36.6 Å². The summed E-state index contributed by atoms with van der Waals surface area (Å²) in [5.74, 6) is 1.19. The SMILES string of the molecule is CSC1CCCCC1NC1=NCC(C)(C)CS1. The second-order valence-corrected chi connectivity index (χ2v) is 7.92. The summed E-state index contributed by atoms with van der Waals surface area (Å²) in [6.07, 6.45) is 7.69. The van der Waals surface area contributed by atoms with Crippen LogP contribution < -0.4 is 5.32 Å². The van der Waals surface area contributed by atoms with Crippen molar-refractivity contribution in [3.05, 3.63) is 0 Å². The van der Waals surface area contributed by atoms with E-state index in [0.717, 1.165) is 11.8 Å². The van der Waals surface area contributed by atoms with Crippen LogP contribution in [-0.4, -0.2) is 35.0 Å². The number of hydrogen-bond acceptors (Lipinski definition) is 4. The van der Waals surface area contributed by atoms with Gasteiger partial charge in [-0.3, -0.25) is 4.99 Å². The molecule has 1 heterocycles. The highest BCUT2D eigenvalue weighted by molar-refractivity contribution is 8.13. The summed E-state index contributed by atoms with van der Waals surface area (Å²) >= 11 is 3.92. The number of nitrogens with zero attached hydrogens (tertiary/aromatic N) is 1. The molecule has 1 saturated carbocycles. The fraction of sp³-hybridized carbons (Fsp3) is 0.923. The lowest BCUT2D eigenvalue weighted by molar-refractivity contribution is 0.418. The molecule has 4 heteroatoms. The van der Waals surface area contributed by atoms with Crippen LogP contribution >= 0.6 is 23.5 Å². The molecule has 0 spiro atoms. The summed E-state index contributed by atoms with van der Waals surface area (Å²) < 4.78 is 0. The minimum atomic E-state index is 0.376. The van der Waals surface area contributed by atoms with Crippen LogP contribution in [0.1, 0.15) is 39.5 Å². The molecule has 1 aliphatic carbocycles. The van der Waals surface area contributed by atoms with Gasteiger partial charge in [-0.2, -0.15) is 11.8 Å². The first-order chi connectivity index (χ1) is 8.11. The van der Waals surface area contributed by atoms with Crippen LogP contribution in [0.5, 0.6) is 0 Å². The molecule has 2 atom stereocenters. The van der Waals surface area contributed by atoms with Crippen molar-refractivity contribution >= 4 is 28.7 Å². The molecule has 2 nitrogen and oxygen atoms in total. The maximum Gasteiger partial charge on any atom is 0.156 e. The zero-order chi connectivity index (χ0) is 12.3. The average Bonchev–Trinajstić information content (AvgIpc) is 2.32. The van der Waals surface area contributed by atoms with E-state index in [1.54, 1.807) is 0 Å². The summed E-state index contributed by atoms with van der Waals surface area (Å²) in [5, 5.41) is 5.66. The van der Waals surface area contributed by atoms with Crippen molar-refractivity contribution in [2.24, 2.45) is 10.4 Å². The molecule has 0 aromatic heterocycles. The molecule has 0 bridgehead atoms. The summed E-state index contributed by atoms with van der Waals surface area (Å²) in [5.41, 5.74) is 0.376. The summed E-state index contributed by atoms with van der Waals surface area (Å²) in [4.78, 5) is 4.70. The molecular formula is C13H24N2S2. The molecule has 0 radical (unpaired) electrons. The Balaban J connectivity index is 1.90. The van der Waals surface area contributed by atoms with Crippen molar-refractivity contribution in [3.8, 4) is 0 Å². The van der Waals surface area contributed by atoms with Gasteiger partial charge in [-0.25, -0.2) is 0 Å². The molecule has 1 aliphatic heterocycles. The zero-order valence-electron chi connectivity index (χ0n) is 11.2. The van der Waals surface area contributed by atoms with Gasteiger partial charge < -0.3 is 5.32 Å². The van der Waals surface area contributed by atoms with Crippen LogP contribution in [0.25, 0.3) is 0 Å². The van der Waals surface area contributed by atoms with E-state index >= 15 is 0 Å². The van der Waals surface area contributed by atoms with Gasteiger partial charge in [-0.05, 0) is 24.5 Å². The van der Waals surface area contributed by atoms with Crippen LogP contribution in [0.4, 0.5) is 0 Å². The molecule has 0 amide bonds. The van der Waals surface area contributed by atoms with E-state index in [1.807, 2.05) is 23.5 Å². The van der Waals surface area contributed by atoms with Gasteiger partial charge >= 0.3 is 0 Å². The molecule has 2 aliphatic rings. The fourth-order valence-electron chi connectivity index (χ4n) is 2.43. The minimum absolute atomic E-state index is 0.376. The molecule has 0 saturated heterocycles. The summed E-state index contributed by atoms with van der Waals surface area (Å²) in [6.45, 7) is 5.57. The Hall–Kier alpha value is 0.170. The number of nitrogens with one attached hydrogen (secondary N) is 1. The predicted octanol–water partition coefficient (Wildman–Crippen LogP) is 3.38.